The van der Waals surface area contributed by atoms with Crippen LogP contribution in [0.3, 0.4) is 0 Å². The molecule has 1 heteroatoms. The summed E-state index contributed by atoms with van der Waals surface area (Å²) >= 11 is 0. The summed E-state index contributed by atoms with van der Waals surface area (Å²) in [4.78, 5) is 0. The number of furan rings is 1. The first kappa shape index (κ1) is 14.0. The Kier molecular flexibility index (Phi) is 3.07. The van der Waals surface area contributed by atoms with Gasteiger partial charge in [-0.1, -0.05) is 145 Å². The molecule has 0 spiro atoms. The predicted octanol–water partition coefficient (Wildman–Crippen LogP) is 12.0. The molecule has 0 aliphatic carbocycles. The molecule has 1 heterocycles. The average Bonchev–Trinajstić information content (AvgIpc) is 3.61. The quantitative estimate of drug-likeness (QED) is 0.196. The molecule has 0 aliphatic rings. The Morgan fingerprint density at radius 2 is 1.02 bits per heavy atom. The third-order valence-corrected chi connectivity index (χ3v) is 7.90. The third-order valence-electron chi connectivity index (χ3n) is 7.90. The molecule has 0 N–H and O–H groups in total. The van der Waals surface area contributed by atoms with Crippen LogP contribution in [-0.2, 0) is 0 Å². The van der Waals surface area contributed by atoms with Crippen molar-refractivity contribution in [2.45, 2.75) is 0 Å². The summed E-state index contributed by atoms with van der Waals surface area (Å²) in [6.07, 6.45) is 0. The van der Waals surface area contributed by atoms with Crippen LogP contribution in [0.15, 0.2) is 162 Å². The normalized spacial score (nSPS) is 16.3. The van der Waals surface area contributed by atoms with Crippen molar-refractivity contribution in [3.8, 4) is 33.4 Å². The van der Waals surface area contributed by atoms with E-state index in [-0.39, 0.29) is 62.0 Å². The molecule has 9 aromatic rings. The highest BCUT2D eigenvalue weighted by atomic mass is 16.3. The van der Waals surface area contributed by atoms with Crippen LogP contribution in [0.2, 0.25) is 0 Å². The molecule has 1 aromatic heterocycles. The lowest BCUT2D eigenvalue weighted by Crippen LogP contribution is -1.93. The molecule has 1 nitrogen and oxygen atoms in total. The van der Waals surface area contributed by atoms with Gasteiger partial charge >= 0.3 is 0 Å². The summed E-state index contributed by atoms with van der Waals surface area (Å²) < 4.78 is 128. The maximum absolute atomic E-state index is 9.44. The molecule has 0 fully saturated rings. The molecule has 43 heavy (non-hydrogen) atoms. The molecule has 0 unspecified atom stereocenters. The van der Waals surface area contributed by atoms with E-state index in [0.717, 1.165) is 0 Å². The van der Waals surface area contributed by atoms with Gasteiger partial charge < -0.3 is 4.42 Å². The summed E-state index contributed by atoms with van der Waals surface area (Å²) in [5, 5.41) is 2.10. The van der Waals surface area contributed by atoms with Crippen molar-refractivity contribution in [3.63, 3.8) is 0 Å². The highest BCUT2D eigenvalue weighted by Gasteiger charge is 2.21. The Morgan fingerprint density at radius 3 is 1.74 bits per heavy atom. The molecular formula is C42H26O. The largest absolute Gasteiger partial charge is 0.455 e. The van der Waals surface area contributed by atoms with Crippen LogP contribution in [0.4, 0.5) is 0 Å². The van der Waals surface area contributed by atoms with Gasteiger partial charge in [-0.2, -0.15) is 0 Å². The fraction of sp³-hybridized carbons (Fsp3) is 0. The Bertz CT molecular complexity index is 3210. The standard InChI is InChI=1S/C42H26O/c1-2-13-27(14-3-1)29-16-6-7-18-31(29)39-32-19-8-10-21-34(32)40(35-22-11-9-20-33(35)39)36-23-12-24-38-41(36)37-26-25-28-15-4-5-17-30(28)42(37)43-38/h1-26H/i1D,2D,3D,4D,5D,12D,13D,14D,15D,17D,23D,24D,25D,26D. The first-order chi connectivity index (χ1) is 27.2. The minimum Gasteiger partial charge on any atom is -0.455 e. The van der Waals surface area contributed by atoms with Gasteiger partial charge in [0, 0.05) is 16.2 Å². The zero-order valence-corrected chi connectivity index (χ0v) is 22.3. The van der Waals surface area contributed by atoms with Crippen molar-refractivity contribution in [2.24, 2.45) is 0 Å². The van der Waals surface area contributed by atoms with Gasteiger partial charge in [-0.25, -0.2) is 0 Å². The third kappa shape index (κ3) is 3.58. The summed E-state index contributed by atoms with van der Waals surface area (Å²) in [5.74, 6) is 0. The highest BCUT2D eigenvalue weighted by Crippen LogP contribution is 2.48. The van der Waals surface area contributed by atoms with E-state index in [1.165, 1.54) is 0 Å². The van der Waals surface area contributed by atoms with Gasteiger partial charge in [0.2, 0.25) is 0 Å². The summed E-state index contributed by atoms with van der Waals surface area (Å²) in [5.41, 5.74) is 1.86. The summed E-state index contributed by atoms with van der Waals surface area (Å²) in [6, 6.07) is 15.1. The van der Waals surface area contributed by atoms with Gasteiger partial charge in [-0.05, 0) is 72.4 Å². The minimum absolute atomic E-state index is 0.0260. The van der Waals surface area contributed by atoms with Crippen molar-refractivity contribution in [1.29, 1.82) is 0 Å². The Labute approximate surface area is 268 Å². The summed E-state index contributed by atoms with van der Waals surface area (Å²) in [7, 11) is 0. The number of benzene rings is 8. The summed E-state index contributed by atoms with van der Waals surface area (Å²) in [6.45, 7) is 0. The molecule has 0 saturated heterocycles. The second kappa shape index (κ2) is 9.44. The van der Waals surface area contributed by atoms with Crippen molar-refractivity contribution >= 4 is 54.3 Å². The van der Waals surface area contributed by atoms with E-state index in [0.29, 0.717) is 43.8 Å². The molecular weight excluding hydrogens is 520 g/mol. The molecule has 8 aromatic carbocycles. The Balaban J connectivity index is 1.49. The zero-order chi connectivity index (χ0) is 40.5. The molecule has 0 bridgehead atoms. The van der Waals surface area contributed by atoms with Crippen molar-refractivity contribution in [2.75, 3.05) is 0 Å². The molecule has 0 amide bonds. The number of rotatable bonds is 3. The average molecular weight is 561 g/mol. The molecule has 9 rings (SSSR count). The van der Waals surface area contributed by atoms with Crippen molar-refractivity contribution in [3.05, 3.63) is 157 Å². The fourth-order valence-corrected chi connectivity index (χ4v) is 6.15. The second-order valence-electron chi connectivity index (χ2n) is 10.1. The van der Waals surface area contributed by atoms with Crippen LogP contribution < -0.4 is 0 Å². The van der Waals surface area contributed by atoms with Gasteiger partial charge in [-0.15, -0.1) is 0 Å². The predicted molar refractivity (Wildman–Crippen MR) is 183 cm³/mol. The molecule has 0 aliphatic heterocycles. The topological polar surface area (TPSA) is 13.1 Å². The Hall–Kier alpha value is -5.66. The number of hydrogen-bond acceptors (Lipinski definition) is 1. The lowest BCUT2D eigenvalue weighted by Gasteiger charge is -2.20. The van der Waals surface area contributed by atoms with Crippen LogP contribution in [0, 0.1) is 0 Å². The van der Waals surface area contributed by atoms with Crippen molar-refractivity contribution < 1.29 is 23.6 Å². The van der Waals surface area contributed by atoms with Gasteiger partial charge in [0.15, 0.2) is 0 Å². The van der Waals surface area contributed by atoms with E-state index >= 15 is 0 Å². The first-order valence-electron chi connectivity index (χ1n) is 20.6. The second-order valence-corrected chi connectivity index (χ2v) is 10.1. The minimum atomic E-state index is -0.578. The maximum atomic E-state index is 9.44. The van der Waals surface area contributed by atoms with Crippen LogP contribution in [0.25, 0.3) is 87.6 Å². The monoisotopic (exact) mass is 560 g/mol. The Morgan fingerprint density at radius 1 is 0.419 bits per heavy atom. The van der Waals surface area contributed by atoms with E-state index < -0.39 is 66.5 Å². The molecule has 0 saturated carbocycles. The van der Waals surface area contributed by atoms with E-state index in [4.69, 9.17) is 20.9 Å². The van der Waals surface area contributed by atoms with E-state index in [9.17, 15) is 2.74 Å². The zero-order valence-electron chi connectivity index (χ0n) is 36.3. The lowest BCUT2D eigenvalue weighted by molar-refractivity contribution is 0.673. The van der Waals surface area contributed by atoms with Gasteiger partial charge in [0.1, 0.15) is 11.2 Å². The molecule has 200 valence electrons. The van der Waals surface area contributed by atoms with Crippen molar-refractivity contribution in [1.82, 2.24) is 0 Å². The maximum Gasteiger partial charge on any atom is 0.143 e. The van der Waals surface area contributed by atoms with Crippen LogP contribution in [-0.4, -0.2) is 0 Å². The van der Waals surface area contributed by atoms with E-state index in [1.807, 2.05) is 42.5 Å². The van der Waals surface area contributed by atoms with Crippen LogP contribution in [0.5, 0.6) is 0 Å². The van der Waals surface area contributed by atoms with E-state index in [2.05, 4.69) is 0 Å². The number of fused-ring (bicyclic) bond motifs is 7. The first-order valence-corrected chi connectivity index (χ1v) is 13.6. The lowest BCUT2D eigenvalue weighted by atomic mass is 9.83. The van der Waals surface area contributed by atoms with Gasteiger partial charge in [0.05, 0.1) is 19.2 Å². The van der Waals surface area contributed by atoms with E-state index in [1.54, 1.807) is 30.3 Å². The number of hydrogen-bond donors (Lipinski definition) is 0. The molecule has 0 atom stereocenters. The fourth-order valence-electron chi connectivity index (χ4n) is 6.15. The molecule has 0 radical (unpaired) electrons. The SMILES string of the molecule is [2H]c1c([2H])c([2H])c(-c2ccccc2-c2c3ccccc3c(-c3c([2H])c([2H])c([2H])c4oc5c6c([2H])c([2H])c([2H])c([2H])c6c([2H])c([2H])c5c34)c3ccccc23)c([2H])c1[2H]. The van der Waals surface area contributed by atoms with Crippen LogP contribution in [0.1, 0.15) is 19.2 Å². The van der Waals surface area contributed by atoms with Crippen LogP contribution >= 0.6 is 0 Å². The van der Waals surface area contributed by atoms with Gasteiger partial charge in [-0.3, -0.25) is 0 Å². The smallest absolute Gasteiger partial charge is 0.143 e. The van der Waals surface area contributed by atoms with Gasteiger partial charge in [0.25, 0.3) is 0 Å². The highest BCUT2D eigenvalue weighted by molar-refractivity contribution is 6.27.